The van der Waals surface area contributed by atoms with E-state index >= 15 is 0 Å². The Morgan fingerprint density at radius 3 is 2.09 bits per heavy atom. The van der Waals surface area contributed by atoms with E-state index in [0.29, 0.717) is 0 Å². The number of likely N-dealkylation sites (N-methyl/N-ethyl adjacent to an activating group) is 1. The molecule has 0 aliphatic carbocycles. The smallest absolute Gasteiger partial charge is 0.0593 e. The van der Waals surface area contributed by atoms with E-state index in [0.717, 1.165) is 39.3 Å². The Morgan fingerprint density at radius 1 is 1.00 bits per heavy atom. The van der Waals surface area contributed by atoms with Crippen molar-refractivity contribution in [3.05, 3.63) is 0 Å². The maximum Gasteiger partial charge on any atom is 0.0593 e. The van der Waals surface area contributed by atoms with Crippen LogP contribution in [0.1, 0.15) is 27.2 Å². The molecule has 0 saturated heterocycles. The second-order valence-corrected chi connectivity index (χ2v) is 2.64. The Balaban J connectivity index is 3.07. The fraction of sp³-hybridized carbons (Fsp3) is 1.00. The molecule has 0 amide bonds. The van der Waals surface area contributed by atoms with E-state index < -0.39 is 0 Å². The van der Waals surface area contributed by atoms with Crippen LogP contribution in [-0.2, 0) is 4.74 Å². The SMILES string of the molecule is CCCOCCN(CC)CC. The van der Waals surface area contributed by atoms with Crippen LogP contribution in [0.4, 0.5) is 0 Å². The first-order valence-corrected chi connectivity index (χ1v) is 4.65. The zero-order valence-electron chi connectivity index (χ0n) is 8.10. The van der Waals surface area contributed by atoms with Crippen LogP contribution in [0, 0.1) is 0 Å². The van der Waals surface area contributed by atoms with Gasteiger partial charge in [-0.05, 0) is 19.5 Å². The second kappa shape index (κ2) is 8.02. The number of hydrogen-bond donors (Lipinski definition) is 0. The van der Waals surface area contributed by atoms with Gasteiger partial charge in [0.05, 0.1) is 6.61 Å². The molecule has 0 spiro atoms. The lowest BCUT2D eigenvalue weighted by Crippen LogP contribution is -2.27. The Morgan fingerprint density at radius 2 is 1.64 bits per heavy atom. The highest BCUT2D eigenvalue weighted by atomic mass is 16.5. The molecule has 0 heterocycles. The zero-order chi connectivity index (χ0) is 8.53. The molecule has 0 rings (SSSR count). The molecule has 0 aliphatic rings. The largest absolute Gasteiger partial charge is 0.380 e. The lowest BCUT2D eigenvalue weighted by Gasteiger charge is -2.17. The average molecular weight is 159 g/mol. The van der Waals surface area contributed by atoms with Crippen LogP contribution < -0.4 is 0 Å². The molecular formula is C9H21NO. The fourth-order valence-corrected chi connectivity index (χ4v) is 0.980. The van der Waals surface area contributed by atoms with Gasteiger partial charge in [0.1, 0.15) is 0 Å². The molecule has 0 N–H and O–H groups in total. The third-order valence-electron chi connectivity index (χ3n) is 1.79. The maximum atomic E-state index is 5.38. The normalized spacial score (nSPS) is 10.9. The molecule has 0 unspecified atom stereocenters. The Bertz CT molecular complexity index is 72.0. The maximum absolute atomic E-state index is 5.38. The highest BCUT2D eigenvalue weighted by molar-refractivity contribution is 4.49. The molecule has 0 fully saturated rings. The van der Waals surface area contributed by atoms with Crippen molar-refractivity contribution in [2.24, 2.45) is 0 Å². The average Bonchev–Trinajstić information content (AvgIpc) is 2.05. The van der Waals surface area contributed by atoms with Crippen LogP contribution in [0.5, 0.6) is 0 Å². The van der Waals surface area contributed by atoms with Gasteiger partial charge in [-0.2, -0.15) is 0 Å². The van der Waals surface area contributed by atoms with E-state index in [9.17, 15) is 0 Å². The standard InChI is InChI=1S/C9H21NO/c1-4-8-11-9-7-10(5-2)6-3/h4-9H2,1-3H3. The van der Waals surface area contributed by atoms with Gasteiger partial charge < -0.3 is 9.64 Å². The summed E-state index contributed by atoms with van der Waals surface area (Å²) in [7, 11) is 0. The first-order chi connectivity index (χ1) is 5.35. The molecule has 0 radical (unpaired) electrons. The summed E-state index contributed by atoms with van der Waals surface area (Å²) in [6.45, 7) is 11.6. The van der Waals surface area contributed by atoms with Crippen LogP contribution in [-0.4, -0.2) is 37.7 Å². The molecule has 0 bridgehead atoms. The predicted octanol–water partition coefficient (Wildman–Crippen LogP) is 1.75. The van der Waals surface area contributed by atoms with Gasteiger partial charge in [0.2, 0.25) is 0 Å². The second-order valence-electron chi connectivity index (χ2n) is 2.64. The fourth-order valence-electron chi connectivity index (χ4n) is 0.980. The molecule has 2 nitrogen and oxygen atoms in total. The summed E-state index contributed by atoms with van der Waals surface area (Å²) in [5.74, 6) is 0. The third kappa shape index (κ3) is 6.32. The molecule has 2 heteroatoms. The quantitative estimate of drug-likeness (QED) is 0.525. The van der Waals surface area contributed by atoms with Gasteiger partial charge in [0, 0.05) is 13.2 Å². The van der Waals surface area contributed by atoms with Crippen molar-refractivity contribution in [2.75, 3.05) is 32.8 Å². The summed E-state index contributed by atoms with van der Waals surface area (Å²) in [6, 6.07) is 0. The van der Waals surface area contributed by atoms with E-state index in [-0.39, 0.29) is 0 Å². The van der Waals surface area contributed by atoms with Crippen molar-refractivity contribution in [1.29, 1.82) is 0 Å². The number of hydrogen-bond acceptors (Lipinski definition) is 2. The minimum atomic E-state index is 0.884. The lowest BCUT2D eigenvalue weighted by molar-refractivity contribution is 0.107. The minimum Gasteiger partial charge on any atom is -0.380 e. The predicted molar refractivity (Wildman–Crippen MR) is 48.9 cm³/mol. The molecule has 0 aromatic heterocycles. The summed E-state index contributed by atoms with van der Waals surface area (Å²) in [5.41, 5.74) is 0. The van der Waals surface area contributed by atoms with Crippen LogP contribution in [0.15, 0.2) is 0 Å². The van der Waals surface area contributed by atoms with Gasteiger partial charge in [0.25, 0.3) is 0 Å². The summed E-state index contributed by atoms with van der Waals surface area (Å²) in [6.07, 6.45) is 1.12. The minimum absolute atomic E-state index is 0.884. The lowest BCUT2D eigenvalue weighted by atomic mass is 10.5. The summed E-state index contributed by atoms with van der Waals surface area (Å²) < 4.78 is 5.38. The van der Waals surface area contributed by atoms with Crippen molar-refractivity contribution in [3.8, 4) is 0 Å². The number of nitrogens with zero attached hydrogens (tertiary/aromatic N) is 1. The zero-order valence-corrected chi connectivity index (χ0v) is 8.10. The molecule has 0 aromatic rings. The van der Waals surface area contributed by atoms with Gasteiger partial charge in [-0.1, -0.05) is 20.8 Å². The van der Waals surface area contributed by atoms with Gasteiger partial charge in [0.15, 0.2) is 0 Å². The number of ether oxygens (including phenoxy) is 1. The van der Waals surface area contributed by atoms with Crippen molar-refractivity contribution in [2.45, 2.75) is 27.2 Å². The van der Waals surface area contributed by atoms with E-state index in [4.69, 9.17) is 4.74 Å². The Kier molecular flexibility index (Phi) is 7.96. The van der Waals surface area contributed by atoms with Crippen LogP contribution >= 0.6 is 0 Å². The Hall–Kier alpha value is -0.0800. The highest BCUT2D eigenvalue weighted by Crippen LogP contribution is 1.87. The molecule has 0 aromatic carbocycles. The first-order valence-electron chi connectivity index (χ1n) is 4.65. The van der Waals surface area contributed by atoms with E-state index in [1.54, 1.807) is 0 Å². The Labute approximate surface area is 70.5 Å². The molecule has 11 heavy (non-hydrogen) atoms. The topological polar surface area (TPSA) is 12.5 Å². The van der Waals surface area contributed by atoms with Crippen LogP contribution in [0.25, 0.3) is 0 Å². The van der Waals surface area contributed by atoms with Crippen LogP contribution in [0.3, 0.4) is 0 Å². The molecule has 0 atom stereocenters. The molecule has 68 valence electrons. The van der Waals surface area contributed by atoms with Crippen molar-refractivity contribution >= 4 is 0 Å². The van der Waals surface area contributed by atoms with Crippen LogP contribution in [0.2, 0.25) is 0 Å². The monoisotopic (exact) mass is 159 g/mol. The number of rotatable bonds is 7. The van der Waals surface area contributed by atoms with Gasteiger partial charge >= 0.3 is 0 Å². The molecule has 0 aliphatic heterocycles. The third-order valence-corrected chi connectivity index (χ3v) is 1.79. The molecular weight excluding hydrogens is 138 g/mol. The highest BCUT2D eigenvalue weighted by Gasteiger charge is 1.96. The van der Waals surface area contributed by atoms with Crippen molar-refractivity contribution < 1.29 is 4.74 Å². The van der Waals surface area contributed by atoms with Gasteiger partial charge in [-0.15, -0.1) is 0 Å². The van der Waals surface area contributed by atoms with E-state index in [1.807, 2.05) is 0 Å². The molecule has 0 saturated carbocycles. The van der Waals surface area contributed by atoms with E-state index in [1.165, 1.54) is 0 Å². The van der Waals surface area contributed by atoms with Crippen molar-refractivity contribution in [3.63, 3.8) is 0 Å². The van der Waals surface area contributed by atoms with Gasteiger partial charge in [-0.3, -0.25) is 0 Å². The first kappa shape index (κ1) is 10.9. The summed E-state index contributed by atoms with van der Waals surface area (Å²) in [5, 5.41) is 0. The summed E-state index contributed by atoms with van der Waals surface area (Å²) in [4.78, 5) is 2.37. The summed E-state index contributed by atoms with van der Waals surface area (Å²) >= 11 is 0. The van der Waals surface area contributed by atoms with Gasteiger partial charge in [-0.25, -0.2) is 0 Å². The van der Waals surface area contributed by atoms with E-state index in [2.05, 4.69) is 25.7 Å². The van der Waals surface area contributed by atoms with Crippen molar-refractivity contribution in [1.82, 2.24) is 4.90 Å².